The van der Waals surface area contributed by atoms with E-state index in [1.54, 1.807) is 0 Å². The fourth-order valence-corrected chi connectivity index (χ4v) is 6.39. The number of aromatic amines is 1. The maximum atomic E-state index is 13.7. The molecule has 3 aliphatic heterocycles. The van der Waals surface area contributed by atoms with E-state index in [2.05, 4.69) is 55.4 Å². The van der Waals surface area contributed by atoms with Crippen LogP contribution in [0.3, 0.4) is 0 Å². The number of aromatic nitrogens is 5. The summed E-state index contributed by atoms with van der Waals surface area (Å²) in [5, 5.41) is 13.9. The molecule has 0 bridgehead atoms. The Morgan fingerprint density at radius 1 is 1.05 bits per heavy atom. The summed E-state index contributed by atoms with van der Waals surface area (Å²) < 4.78 is 18.8. The molecule has 7 rings (SSSR count). The molecule has 1 N–H and O–H groups in total. The van der Waals surface area contributed by atoms with Gasteiger partial charge in [-0.3, -0.25) is 14.6 Å². The van der Waals surface area contributed by atoms with Gasteiger partial charge in [0, 0.05) is 55.8 Å². The second kappa shape index (κ2) is 10.9. The van der Waals surface area contributed by atoms with Crippen molar-refractivity contribution in [3.63, 3.8) is 0 Å². The molecule has 11 nitrogen and oxygen atoms in total. The lowest BCUT2D eigenvalue weighted by atomic mass is 9.99. The number of H-pyrrole nitrogens is 1. The number of nitrogens with one attached hydrogen (secondary N) is 1. The summed E-state index contributed by atoms with van der Waals surface area (Å²) in [4.78, 5) is 21.6. The lowest BCUT2D eigenvalue weighted by molar-refractivity contribution is 0.0840. The first-order valence-corrected chi connectivity index (χ1v) is 14.4. The number of benzene rings is 2. The molecule has 11 heteroatoms. The maximum Gasteiger partial charge on any atom is 0.253 e. The van der Waals surface area contributed by atoms with Crippen LogP contribution in [0.15, 0.2) is 41.2 Å². The van der Waals surface area contributed by atoms with E-state index in [1.807, 2.05) is 29.8 Å². The quantitative estimate of drug-likeness (QED) is 0.367. The summed E-state index contributed by atoms with van der Waals surface area (Å²) >= 11 is 0. The average Bonchev–Trinajstić information content (AvgIpc) is 3.73. The number of aryl methyl sites for hydroxylation is 2. The molecule has 41 heavy (non-hydrogen) atoms. The molecule has 0 saturated carbocycles. The Morgan fingerprint density at radius 2 is 1.90 bits per heavy atom. The third-order valence-electron chi connectivity index (χ3n) is 8.46. The van der Waals surface area contributed by atoms with Gasteiger partial charge in [-0.05, 0) is 78.1 Å². The molecule has 2 aromatic carbocycles. The first-order valence-electron chi connectivity index (χ1n) is 14.4. The van der Waals surface area contributed by atoms with Crippen molar-refractivity contribution in [3.8, 4) is 11.5 Å². The van der Waals surface area contributed by atoms with E-state index in [-0.39, 0.29) is 24.5 Å². The Bertz CT molecular complexity index is 1620. The fraction of sp³-hybridized carbons (Fsp3) is 0.467. The smallest absolute Gasteiger partial charge is 0.253 e. The predicted molar refractivity (Wildman–Crippen MR) is 152 cm³/mol. The van der Waals surface area contributed by atoms with E-state index in [4.69, 9.17) is 14.2 Å². The van der Waals surface area contributed by atoms with Crippen molar-refractivity contribution >= 4 is 10.9 Å². The monoisotopic (exact) mass is 557 g/mol. The van der Waals surface area contributed by atoms with Gasteiger partial charge in [0.1, 0.15) is 6.04 Å². The van der Waals surface area contributed by atoms with Crippen LogP contribution in [0.2, 0.25) is 0 Å². The number of rotatable bonds is 7. The number of pyridine rings is 1. The third kappa shape index (κ3) is 5.20. The van der Waals surface area contributed by atoms with Crippen LogP contribution in [-0.4, -0.2) is 80.7 Å². The Morgan fingerprint density at radius 3 is 2.73 bits per heavy atom. The van der Waals surface area contributed by atoms with Gasteiger partial charge in [0.25, 0.3) is 5.56 Å². The summed E-state index contributed by atoms with van der Waals surface area (Å²) in [7, 11) is 0. The fourth-order valence-electron chi connectivity index (χ4n) is 6.39. The lowest BCUT2D eigenvalue weighted by Gasteiger charge is -2.38. The zero-order chi connectivity index (χ0) is 27.9. The second-order valence-corrected chi connectivity index (χ2v) is 11.4. The SMILES string of the molecule is Cc1cc(C)c2cc([C@H](c3nnnn3C[C@H]3CCCO3)N3CCN(Cc4ccc5c(c4)OCO5)CC3)c(=O)[nH]c2c1. The van der Waals surface area contributed by atoms with Gasteiger partial charge in [0.15, 0.2) is 17.3 Å². The highest BCUT2D eigenvalue weighted by atomic mass is 16.7. The highest BCUT2D eigenvalue weighted by Crippen LogP contribution is 2.34. The van der Waals surface area contributed by atoms with Crippen molar-refractivity contribution in [1.82, 2.24) is 35.0 Å². The number of hydrogen-bond acceptors (Lipinski definition) is 9. The van der Waals surface area contributed by atoms with Gasteiger partial charge in [0.05, 0.1) is 12.6 Å². The first kappa shape index (κ1) is 26.1. The number of nitrogens with zero attached hydrogens (tertiary/aromatic N) is 6. The van der Waals surface area contributed by atoms with E-state index in [0.717, 1.165) is 85.7 Å². The van der Waals surface area contributed by atoms with Gasteiger partial charge >= 0.3 is 0 Å². The standard InChI is InChI=1S/C30H35N7O4/c1-19-12-20(2)23-15-24(30(38)31-25(23)13-19)28(29-32-33-34-37(29)17-22-4-3-11-39-22)36-9-7-35(8-10-36)16-21-5-6-26-27(14-21)41-18-40-26/h5-6,12-15,22,28H,3-4,7-11,16-18H2,1-2H3,(H,31,38)/t22-,28-/m1/s1. The number of ether oxygens (including phenoxy) is 3. The third-order valence-corrected chi connectivity index (χ3v) is 8.46. The van der Waals surface area contributed by atoms with Crippen LogP contribution in [0.25, 0.3) is 10.9 Å². The normalized spacial score (nSPS) is 20.2. The van der Waals surface area contributed by atoms with E-state index < -0.39 is 0 Å². The van der Waals surface area contributed by atoms with Gasteiger partial charge in [0.2, 0.25) is 6.79 Å². The molecule has 3 aliphatic rings. The number of fused-ring (bicyclic) bond motifs is 2. The van der Waals surface area contributed by atoms with Gasteiger partial charge in [-0.15, -0.1) is 5.10 Å². The van der Waals surface area contributed by atoms with E-state index in [9.17, 15) is 4.79 Å². The molecular weight excluding hydrogens is 522 g/mol. The average molecular weight is 558 g/mol. The highest BCUT2D eigenvalue weighted by Gasteiger charge is 2.33. The van der Waals surface area contributed by atoms with E-state index in [0.29, 0.717) is 17.9 Å². The van der Waals surface area contributed by atoms with Crippen LogP contribution in [-0.2, 0) is 17.8 Å². The summed E-state index contributed by atoms with van der Waals surface area (Å²) in [6.07, 6.45) is 2.11. The van der Waals surface area contributed by atoms with E-state index >= 15 is 0 Å². The molecule has 0 unspecified atom stereocenters. The Hall–Kier alpha value is -3.80. The first-order chi connectivity index (χ1) is 20.0. The molecule has 0 spiro atoms. The van der Waals surface area contributed by atoms with Crippen molar-refractivity contribution in [2.75, 3.05) is 39.6 Å². The molecule has 2 aromatic heterocycles. The number of hydrogen-bond donors (Lipinski definition) is 1. The summed E-state index contributed by atoms with van der Waals surface area (Å²) in [5.74, 6) is 2.28. The lowest BCUT2D eigenvalue weighted by Crippen LogP contribution is -2.48. The Labute approximate surface area is 238 Å². The Balaban J connectivity index is 1.19. The predicted octanol–water partition coefficient (Wildman–Crippen LogP) is 2.95. The molecule has 2 fully saturated rings. The van der Waals surface area contributed by atoms with Crippen molar-refractivity contribution in [3.05, 3.63) is 74.8 Å². The Kier molecular flexibility index (Phi) is 6.93. The number of piperazine rings is 1. The minimum atomic E-state index is -0.382. The van der Waals surface area contributed by atoms with Gasteiger partial charge in [-0.1, -0.05) is 12.1 Å². The molecule has 0 amide bonds. The molecule has 0 radical (unpaired) electrons. The van der Waals surface area contributed by atoms with E-state index in [1.165, 1.54) is 5.56 Å². The molecule has 214 valence electrons. The van der Waals surface area contributed by atoms with Crippen LogP contribution < -0.4 is 15.0 Å². The van der Waals surface area contributed by atoms with Crippen molar-refractivity contribution in [2.45, 2.75) is 51.9 Å². The van der Waals surface area contributed by atoms with Crippen LogP contribution in [0.5, 0.6) is 11.5 Å². The zero-order valence-corrected chi connectivity index (χ0v) is 23.5. The van der Waals surface area contributed by atoms with Gasteiger partial charge in [-0.2, -0.15) is 0 Å². The number of tetrazole rings is 1. The summed E-state index contributed by atoms with van der Waals surface area (Å²) in [5.41, 5.74) is 4.84. The highest BCUT2D eigenvalue weighted by molar-refractivity contribution is 5.83. The maximum absolute atomic E-state index is 13.7. The molecule has 0 aliphatic carbocycles. The summed E-state index contributed by atoms with van der Waals surface area (Å²) in [6.45, 7) is 9.81. The van der Waals surface area contributed by atoms with Gasteiger partial charge < -0.3 is 19.2 Å². The van der Waals surface area contributed by atoms with Crippen LogP contribution in [0, 0.1) is 13.8 Å². The molecular formula is C30H35N7O4. The molecule has 5 heterocycles. The molecule has 2 atom stereocenters. The van der Waals surface area contributed by atoms with Crippen molar-refractivity contribution in [2.24, 2.45) is 0 Å². The topological polar surface area (TPSA) is 111 Å². The van der Waals surface area contributed by atoms with Crippen molar-refractivity contribution < 1.29 is 14.2 Å². The minimum Gasteiger partial charge on any atom is -0.454 e. The van der Waals surface area contributed by atoms with Crippen LogP contribution >= 0.6 is 0 Å². The minimum absolute atomic E-state index is 0.0801. The molecule has 4 aromatic rings. The van der Waals surface area contributed by atoms with Gasteiger partial charge in [-0.25, -0.2) is 4.68 Å². The van der Waals surface area contributed by atoms with Crippen LogP contribution in [0.1, 0.15) is 47.0 Å². The second-order valence-electron chi connectivity index (χ2n) is 11.4. The summed E-state index contributed by atoms with van der Waals surface area (Å²) in [6, 6.07) is 12.0. The van der Waals surface area contributed by atoms with Crippen LogP contribution in [0.4, 0.5) is 0 Å². The zero-order valence-electron chi connectivity index (χ0n) is 23.5. The van der Waals surface area contributed by atoms with Crippen molar-refractivity contribution in [1.29, 1.82) is 0 Å². The largest absolute Gasteiger partial charge is 0.454 e. The molecule has 2 saturated heterocycles.